The van der Waals surface area contributed by atoms with Crippen molar-refractivity contribution in [3.8, 4) is 11.3 Å². The highest BCUT2D eigenvalue weighted by Gasteiger charge is 2.16. The maximum atomic E-state index is 5.83. The van der Waals surface area contributed by atoms with E-state index in [1.165, 1.54) is 11.3 Å². The van der Waals surface area contributed by atoms with Gasteiger partial charge < -0.3 is 5.73 Å². The minimum atomic E-state index is 0.735. The highest BCUT2D eigenvalue weighted by molar-refractivity contribution is 5.67. The van der Waals surface area contributed by atoms with Gasteiger partial charge in [-0.1, -0.05) is 13.8 Å². The molecule has 4 heteroatoms. The summed E-state index contributed by atoms with van der Waals surface area (Å²) in [4.78, 5) is 4.60. The number of pyridine rings is 1. The molecule has 2 rings (SSSR count). The van der Waals surface area contributed by atoms with Crippen LogP contribution in [-0.2, 0) is 19.9 Å². The lowest BCUT2D eigenvalue weighted by Crippen LogP contribution is -1.99. The van der Waals surface area contributed by atoms with E-state index in [2.05, 4.69) is 23.9 Å². The Morgan fingerprint density at radius 3 is 2.50 bits per heavy atom. The molecule has 2 heterocycles. The predicted octanol–water partition coefficient (Wildman–Crippen LogP) is 2.50. The third-order valence-corrected chi connectivity index (χ3v) is 3.29. The van der Waals surface area contributed by atoms with Crippen LogP contribution in [0.25, 0.3) is 11.3 Å². The second-order valence-electron chi connectivity index (χ2n) is 4.47. The number of nitrogens with zero attached hydrogens (tertiary/aromatic N) is 3. The molecular formula is C14H20N4. The lowest BCUT2D eigenvalue weighted by Gasteiger charge is -2.07. The van der Waals surface area contributed by atoms with Crippen LogP contribution in [0.1, 0.15) is 30.9 Å². The first-order valence-electron chi connectivity index (χ1n) is 6.36. The highest BCUT2D eigenvalue weighted by Crippen LogP contribution is 2.28. The Kier molecular flexibility index (Phi) is 3.36. The van der Waals surface area contributed by atoms with Crippen LogP contribution < -0.4 is 5.73 Å². The zero-order valence-corrected chi connectivity index (χ0v) is 11.5. The Morgan fingerprint density at radius 2 is 1.94 bits per heavy atom. The van der Waals surface area contributed by atoms with Crippen molar-refractivity contribution in [2.75, 3.05) is 5.73 Å². The van der Waals surface area contributed by atoms with Crippen molar-refractivity contribution in [1.82, 2.24) is 14.8 Å². The minimum absolute atomic E-state index is 0.735. The SMILES string of the molecule is CCc1nn(C)c(CC)c1-c1ccc(N)c(C)n1. The Labute approximate surface area is 108 Å². The molecule has 2 aromatic heterocycles. The zero-order chi connectivity index (χ0) is 13.3. The molecule has 0 spiro atoms. The largest absolute Gasteiger partial charge is 0.397 e. The molecule has 96 valence electrons. The molecule has 0 radical (unpaired) electrons. The third-order valence-electron chi connectivity index (χ3n) is 3.29. The van der Waals surface area contributed by atoms with E-state index in [9.17, 15) is 0 Å². The molecule has 0 saturated carbocycles. The van der Waals surface area contributed by atoms with Gasteiger partial charge in [0.1, 0.15) is 0 Å². The second kappa shape index (κ2) is 4.80. The smallest absolute Gasteiger partial charge is 0.0744 e. The summed E-state index contributed by atoms with van der Waals surface area (Å²) in [6.07, 6.45) is 1.86. The van der Waals surface area contributed by atoms with Gasteiger partial charge in [0.15, 0.2) is 0 Å². The van der Waals surface area contributed by atoms with Crippen LogP contribution in [0.5, 0.6) is 0 Å². The maximum Gasteiger partial charge on any atom is 0.0744 e. The molecule has 0 fully saturated rings. The van der Waals surface area contributed by atoms with Crippen molar-refractivity contribution in [3.63, 3.8) is 0 Å². The summed E-state index contributed by atoms with van der Waals surface area (Å²) in [5.74, 6) is 0. The van der Waals surface area contributed by atoms with Gasteiger partial charge in [-0.15, -0.1) is 0 Å². The number of aryl methyl sites for hydroxylation is 3. The fourth-order valence-corrected chi connectivity index (χ4v) is 2.28. The first-order valence-corrected chi connectivity index (χ1v) is 6.36. The summed E-state index contributed by atoms with van der Waals surface area (Å²) in [5.41, 5.74) is 11.9. The Balaban J connectivity index is 2.64. The summed E-state index contributed by atoms with van der Waals surface area (Å²) < 4.78 is 1.96. The quantitative estimate of drug-likeness (QED) is 0.902. The zero-order valence-electron chi connectivity index (χ0n) is 11.5. The fraction of sp³-hybridized carbons (Fsp3) is 0.429. The lowest BCUT2D eigenvalue weighted by atomic mass is 10.0. The van der Waals surface area contributed by atoms with Crippen LogP contribution >= 0.6 is 0 Å². The van der Waals surface area contributed by atoms with Gasteiger partial charge in [-0.25, -0.2) is 0 Å². The highest BCUT2D eigenvalue weighted by atomic mass is 15.3. The van der Waals surface area contributed by atoms with Crippen LogP contribution in [0.3, 0.4) is 0 Å². The van der Waals surface area contributed by atoms with Gasteiger partial charge in [-0.05, 0) is 31.9 Å². The number of hydrogen-bond donors (Lipinski definition) is 1. The first-order chi connectivity index (χ1) is 8.58. The van der Waals surface area contributed by atoms with Gasteiger partial charge in [0, 0.05) is 18.3 Å². The summed E-state index contributed by atoms with van der Waals surface area (Å²) in [7, 11) is 1.99. The van der Waals surface area contributed by atoms with Crippen LogP contribution in [0.15, 0.2) is 12.1 Å². The average molecular weight is 244 g/mol. The molecular weight excluding hydrogens is 224 g/mol. The van der Waals surface area contributed by atoms with Crippen molar-refractivity contribution in [2.24, 2.45) is 7.05 Å². The minimum Gasteiger partial charge on any atom is -0.397 e. The van der Waals surface area contributed by atoms with Gasteiger partial charge in [0.25, 0.3) is 0 Å². The van der Waals surface area contributed by atoms with Gasteiger partial charge in [-0.2, -0.15) is 5.10 Å². The molecule has 0 amide bonds. The lowest BCUT2D eigenvalue weighted by molar-refractivity contribution is 0.705. The first kappa shape index (κ1) is 12.6. The number of anilines is 1. The monoisotopic (exact) mass is 244 g/mol. The number of nitrogen functional groups attached to an aromatic ring is 1. The second-order valence-corrected chi connectivity index (χ2v) is 4.47. The van der Waals surface area contributed by atoms with E-state index >= 15 is 0 Å². The van der Waals surface area contributed by atoms with Crippen LogP contribution in [-0.4, -0.2) is 14.8 Å². The van der Waals surface area contributed by atoms with Gasteiger partial charge in [0.05, 0.1) is 22.8 Å². The number of rotatable bonds is 3. The van der Waals surface area contributed by atoms with Crippen LogP contribution in [0.2, 0.25) is 0 Å². The van der Waals surface area contributed by atoms with Crippen molar-refractivity contribution in [2.45, 2.75) is 33.6 Å². The number of aromatic nitrogens is 3. The summed E-state index contributed by atoms with van der Waals surface area (Å²) in [5, 5.41) is 4.57. The molecule has 2 aromatic rings. The van der Waals surface area contributed by atoms with Gasteiger partial charge in [-0.3, -0.25) is 9.67 Å². The van der Waals surface area contributed by atoms with E-state index in [4.69, 9.17) is 5.73 Å². The topological polar surface area (TPSA) is 56.7 Å². The molecule has 0 aliphatic rings. The summed E-state index contributed by atoms with van der Waals surface area (Å²) >= 11 is 0. The molecule has 0 aromatic carbocycles. The molecule has 0 aliphatic heterocycles. The molecule has 18 heavy (non-hydrogen) atoms. The fourth-order valence-electron chi connectivity index (χ4n) is 2.28. The summed E-state index contributed by atoms with van der Waals surface area (Å²) in [6.45, 7) is 6.20. The molecule has 4 nitrogen and oxygen atoms in total. The normalized spacial score (nSPS) is 10.9. The van der Waals surface area contributed by atoms with Gasteiger partial charge in [0.2, 0.25) is 0 Å². The molecule has 0 aliphatic carbocycles. The van der Waals surface area contributed by atoms with E-state index in [0.717, 1.165) is 35.6 Å². The Hall–Kier alpha value is -1.84. The van der Waals surface area contributed by atoms with E-state index < -0.39 is 0 Å². The summed E-state index contributed by atoms with van der Waals surface area (Å²) in [6, 6.07) is 3.90. The van der Waals surface area contributed by atoms with E-state index in [-0.39, 0.29) is 0 Å². The molecule has 0 unspecified atom stereocenters. The molecule has 0 bridgehead atoms. The molecule has 0 saturated heterocycles. The standard InChI is InChI=1S/C14H20N4/c1-5-11-14(13(6-2)18(4)17-11)12-8-7-10(15)9(3)16-12/h7-8H,5-6,15H2,1-4H3. The molecule has 2 N–H and O–H groups in total. The van der Waals surface area contributed by atoms with Crippen molar-refractivity contribution in [3.05, 3.63) is 29.2 Å². The van der Waals surface area contributed by atoms with E-state index in [1.54, 1.807) is 0 Å². The Bertz CT molecular complexity index is 569. The van der Waals surface area contributed by atoms with Crippen LogP contribution in [0.4, 0.5) is 5.69 Å². The van der Waals surface area contributed by atoms with Crippen molar-refractivity contribution >= 4 is 5.69 Å². The van der Waals surface area contributed by atoms with Gasteiger partial charge >= 0.3 is 0 Å². The third kappa shape index (κ3) is 1.98. The molecule has 0 atom stereocenters. The number of nitrogens with two attached hydrogens (primary N) is 1. The number of hydrogen-bond acceptors (Lipinski definition) is 3. The van der Waals surface area contributed by atoms with Crippen LogP contribution in [0, 0.1) is 6.92 Å². The predicted molar refractivity (Wildman–Crippen MR) is 74.3 cm³/mol. The average Bonchev–Trinajstić information content (AvgIpc) is 2.68. The van der Waals surface area contributed by atoms with E-state index in [1.807, 2.05) is 30.8 Å². The van der Waals surface area contributed by atoms with Crippen molar-refractivity contribution in [1.29, 1.82) is 0 Å². The maximum absolute atomic E-state index is 5.83. The van der Waals surface area contributed by atoms with Crippen molar-refractivity contribution < 1.29 is 0 Å². The Morgan fingerprint density at radius 1 is 1.22 bits per heavy atom. The van der Waals surface area contributed by atoms with E-state index in [0.29, 0.717) is 0 Å².